The molecule has 0 aliphatic carbocycles. The van der Waals surface area contributed by atoms with Gasteiger partial charge in [0.05, 0.1) is 0 Å². The van der Waals surface area contributed by atoms with Crippen molar-refractivity contribution in [3.63, 3.8) is 0 Å². The molecule has 4 rings (SSSR count). The highest BCUT2D eigenvalue weighted by atomic mass is 32.2. The van der Waals surface area contributed by atoms with Crippen molar-refractivity contribution in [1.82, 2.24) is 0 Å². The first kappa shape index (κ1) is 17.5. The van der Waals surface area contributed by atoms with Gasteiger partial charge in [-0.25, -0.2) is 0 Å². The second kappa shape index (κ2) is 8.16. The zero-order valence-corrected chi connectivity index (χ0v) is 16.1. The van der Waals surface area contributed by atoms with E-state index >= 15 is 0 Å². The van der Waals surface area contributed by atoms with Crippen LogP contribution in [-0.2, 0) is 5.75 Å². The number of hydrogen-bond acceptors (Lipinski definition) is 1. The number of hydrogen-bond donors (Lipinski definition) is 0. The normalized spacial score (nSPS) is 10.4. The quantitative estimate of drug-likeness (QED) is 0.340. The summed E-state index contributed by atoms with van der Waals surface area (Å²) in [4.78, 5) is 0. The van der Waals surface area contributed by atoms with Gasteiger partial charge in [0.2, 0.25) is 0 Å². The molecule has 0 saturated heterocycles. The Hall–Kier alpha value is -2.95. The molecule has 0 N–H and O–H groups in total. The molecule has 1 heteroatoms. The molecule has 130 valence electrons. The van der Waals surface area contributed by atoms with Crippen LogP contribution in [-0.4, -0.2) is 0 Å². The summed E-state index contributed by atoms with van der Waals surface area (Å²) >= 11 is 1.66. The van der Waals surface area contributed by atoms with Crippen molar-refractivity contribution < 1.29 is 0 Å². The lowest BCUT2D eigenvalue weighted by Crippen LogP contribution is -1.91. The van der Waals surface area contributed by atoms with Crippen LogP contribution in [0.4, 0.5) is 0 Å². The number of thioether (sulfide) groups is 1. The fourth-order valence-corrected chi connectivity index (χ4v) is 4.04. The minimum atomic E-state index is 0.875. The van der Waals surface area contributed by atoms with Gasteiger partial charge in [0.15, 0.2) is 0 Å². The molecule has 0 amide bonds. The average molecular weight is 365 g/mol. The van der Waals surface area contributed by atoms with Crippen molar-refractivity contribution in [3.05, 3.63) is 96.6 Å². The Balaban J connectivity index is 1.86. The maximum atomic E-state index is 3.14. The van der Waals surface area contributed by atoms with E-state index in [4.69, 9.17) is 0 Å². The predicted molar refractivity (Wildman–Crippen MR) is 120 cm³/mol. The van der Waals surface area contributed by atoms with E-state index in [9.17, 15) is 0 Å². The van der Waals surface area contributed by atoms with Gasteiger partial charge in [-0.2, -0.15) is 0 Å². The van der Waals surface area contributed by atoms with E-state index < -0.39 is 0 Å². The van der Waals surface area contributed by atoms with Gasteiger partial charge in [-0.05, 0) is 56.8 Å². The summed E-state index contributed by atoms with van der Waals surface area (Å²) in [6, 6.07) is 32.5. The van der Waals surface area contributed by atoms with Crippen LogP contribution in [0.25, 0.3) is 33.0 Å². The maximum absolute atomic E-state index is 3.14. The third-order valence-corrected chi connectivity index (χ3v) is 5.50. The molecule has 0 nitrogen and oxygen atoms in total. The second-order valence-corrected chi connectivity index (χ2v) is 7.19. The zero-order chi connectivity index (χ0) is 18.5. The van der Waals surface area contributed by atoms with E-state index in [2.05, 4.69) is 102 Å². The van der Waals surface area contributed by atoms with Crippen molar-refractivity contribution >= 4 is 22.5 Å². The van der Waals surface area contributed by atoms with E-state index in [0.29, 0.717) is 0 Å². The Bertz CT molecular complexity index is 1130. The Morgan fingerprint density at radius 3 is 2.33 bits per heavy atom. The predicted octanol–water partition coefficient (Wildman–Crippen LogP) is 7.39. The van der Waals surface area contributed by atoms with E-state index in [1.165, 1.54) is 38.6 Å². The fourth-order valence-electron chi connectivity index (χ4n) is 3.43. The Labute approximate surface area is 165 Å². The van der Waals surface area contributed by atoms with E-state index in [-0.39, 0.29) is 0 Å². The van der Waals surface area contributed by atoms with Crippen LogP contribution in [0.3, 0.4) is 0 Å². The highest BCUT2D eigenvalue weighted by Crippen LogP contribution is 2.35. The largest absolute Gasteiger partial charge is 0.0947 e. The molecule has 4 aromatic rings. The summed E-state index contributed by atoms with van der Waals surface area (Å²) in [5, 5.41) is 5.70. The smallest absolute Gasteiger partial charge is 0.0314 e. The summed E-state index contributed by atoms with van der Waals surface area (Å²) in [6.45, 7) is 1.89. The van der Waals surface area contributed by atoms with Gasteiger partial charge < -0.3 is 0 Å². The van der Waals surface area contributed by atoms with Crippen LogP contribution >= 0.6 is 11.8 Å². The molecule has 0 bridgehead atoms. The molecular weight excluding hydrogens is 344 g/mol. The Morgan fingerprint density at radius 2 is 1.48 bits per heavy atom. The SMILES string of the molecule is CC#CSCc1cc(-c2ccccc2)ccc1-c1cccc2ccccc12. The standard InChI is InChI=1S/C26H20S/c1-2-17-27-19-23-18-22(20-9-4-3-5-10-20)15-16-25(23)26-14-8-12-21-11-6-7-13-24(21)26/h3-16,18H,19H2,1H3. The Morgan fingerprint density at radius 1 is 0.704 bits per heavy atom. The molecule has 0 radical (unpaired) electrons. The lowest BCUT2D eigenvalue weighted by Gasteiger charge is -2.14. The van der Waals surface area contributed by atoms with Crippen LogP contribution in [0.2, 0.25) is 0 Å². The first-order valence-electron chi connectivity index (χ1n) is 9.07. The molecule has 0 aromatic heterocycles. The third kappa shape index (κ3) is 3.77. The number of benzene rings is 4. The first-order valence-corrected chi connectivity index (χ1v) is 10.1. The number of rotatable bonds is 4. The van der Waals surface area contributed by atoms with Gasteiger partial charge in [0, 0.05) is 5.75 Å². The van der Waals surface area contributed by atoms with Crippen LogP contribution in [0.1, 0.15) is 12.5 Å². The van der Waals surface area contributed by atoms with Gasteiger partial charge in [-0.1, -0.05) is 103 Å². The van der Waals surface area contributed by atoms with E-state index in [1.54, 1.807) is 11.8 Å². The van der Waals surface area contributed by atoms with Crippen LogP contribution < -0.4 is 0 Å². The molecule has 4 aromatic carbocycles. The van der Waals surface area contributed by atoms with Crippen LogP contribution in [0.5, 0.6) is 0 Å². The molecule has 0 fully saturated rings. The van der Waals surface area contributed by atoms with Crippen molar-refractivity contribution in [3.8, 4) is 33.4 Å². The third-order valence-electron chi connectivity index (χ3n) is 4.69. The highest BCUT2D eigenvalue weighted by Gasteiger charge is 2.10. The van der Waals surface area contributed by atoms with E-state index in [0.717, 1.165) is 5.75 Å². The molecular formula is C26H20S. The molecule has 0 heterocycles. The molecule has 0 aliphatic heterocycles. The van der Waals surface area contributed by atoms with Crippen molar-refractivity contribution in [2.45, 2.75) is 12.7 Å². The summed E-state index contributed by atoms with van der Waals surface area (Å²) in [5.74, 6) is 3.86. The van der Waals surface area contributed by atoms with Crippen molar-refractivity contribution in [1.29, 1.82) is 0 Å². The summed E-state index contributed by atoms with van der Waals surface area (Å²) in [6.07, 6.45) is 0. The van der Waals surface area contributed by atoms with Gasteiger partial charge >= 0.3 is 0 Å². The lowest BCUT2D eigenvalue weighted by molar-refractivity contribution is 1.42. The fraction of sp³-hybridized carbons (Fsp3) is 0.0769. The monoisotopic (exact) mass is 364 g/mol. The molecule has 27 heavy (non-hydrogen) atoms. The number of fused-ring (bicyclic) bond motifs is 1. The van der Waals surface area contributed by atoms with E-state index in [1.807, 2.05) is 6.92 Å². The zero-order valence-electron chi connectivity index (χ0n) is 15.3. The van der Waals surface area contributed by atoms with Gasteiger partial charge in [-0.15, -0.1) is 0 Å². The molecule has 0 spiro atoms. The topological polar surface area (TPSA) is 0 Å². The minimum absolute atomic E-state index is 0.875. The Kier molecular flexibility index (Phi) is 5.28. The summed E-state index contributed by atoms with van der Waals surface area (Å²) in [7, 11) is 0. The summed E-state index contributed by atoms with van der Waals surface area (Å²) < 4.78 is 0. The molecule has 0 saturated carbocycles. The van der Waals surface area contributed by atoms with Gasteiger partial charge in [0.25, 0.3) is 0 Å². The lowest BCUT2D eigenvalue weighted by atomic mass is 9.92. The molecule has 0 aliphatic rings. The second-order valence-electron chi connectivity index (χ2n) is 6.41. The highest BCUT2D eigenvalue weighted by molar-refractivity contribution is 8.03. The van der Waals surface area contributed by atoms with Crippen molar-refractivity contribution in [2.75, 3.05) is 0 Å². The molecule has 0 atom stereocenters. The minimum Gasteiger partial charge on any atom is -0.0947 e. The average Bonchev–Trinajstić information content (AvgIpc) is 2.74. The maximum Gasteiger partial charge on any atom is 0.0314 e. The van der Waals surface area contributed by atoms with Crippen molar-refractivity contribution in [2.24, 2.45) is 0 Å². The molecule has 0 unspecified atom stereocenters. The first-order chi connectivity index (χ1) is 13.4. The van der Waals surface area contributed by atoms with Gasteiger partial charge in [0.1, 0.15) is 0 Å². The van der Waals surface area contributed by atoms with Gasteiger partial charge in [-0.3, -0.25) is 0 Å². The van der Waals surface area contributed by atoms with Crippen LogP contribution in [0.15, 0.2) is 91.0 Å². The summed E-state index contributed by atoms with van der Waals surface area (Å²) in [5.41, 5.74) is 6.39. The van der Waals surface area contributed by atoms with Crippen LogP contribution in [0, 0.1) is 11.2 Å².